The third kappa shape index (κ3) is 4.53. The molecule has 0 saturated carbocycles. The van der Waals surface area contributed by atoms with Crippen molar-refractivity contribution in [1.29, 1.82) is 0 Å². The SMILES string of the molecule is CCCCCCCOC(=O)C1=C(C)NC(=O)NC1c1cccc2ccccc12. The monoisotopic (exact) mass is 380 g/mol. The standard InChI is InChI=1S/C23H28N2O3/c1-3-4-5-6-9-15-28-22(26)20-16(2)24-23(27)25-21(20)19-14-10-12-17-11-7-8-13-18(17)19/h7-8,10-14,21H,3-6,9,15H2,1-2H3,(H2,24,25,27). The molecule has 2 aromatic rings. The van der Waals surface area contributed by atoms with Crippen molar-refractivity contribution in [1.82, 2.24) is 10.6 Å². The number of carbonyl (C=O) groups is 2. The molecule has 148 valence electrons. The highest BCUT2D eigenvalue weighted by molar-refractivity contribution is 5.97. The second-order valence-corrected chi connectivity index (χ2v) is 7.19. The smallest absolute Gasteiger partial charge is 0.338 e. The van der Waals surface area contributed by atoms with Gasteiger partial charge in [0.2, 0.25) is 0 Å². The molecule has 2 aromatic carbocycles. The van der Waals surface area contributed by atoms with Crippen LogP contribution in [0.25, 0.3) is 10.8 Å². The number of ether oxygens (including phenoxy) is 1. The quantitative estimate of drug-likeness (QED) is 0.501. The molecule has 0 radical (unpaired) electrons. The van der Waals surface area contributed by atoms with E-state index in [9.17, 15) is 9.59 Å². The number of carbonyl (C=O) groups excluding carboxylic acids is 2. The second kappa shape index (κ2) is 9.40. The molecule has 0 fully saturated rings. The lowest BCUT2D eigenvalue weighted by Gasteiger charge is -2.29. The minimum Gasteiger partial charge on any atom is -0.462 e. The summed E-state index contributed by atoms with van der Waals surface area (Å²) < 4.78 is 5.54. The molecular formula is C23H28N2O3. The number of unbranched alkanes of at least 4 members (excludes halogenated alkanes) is 4. The second-order valence-electron chi connectivity index (χ2n) is 7.19. The van der Waals surface area contributed by atoms with E-state index < -0.39 is 6.04 Å². The highest BCUT2D eigenvalue weighted by Gasteiger charge is 2.32. The minimum absolute atomic E-state index is 0.313. The molecule has 5 heteroatoms. The maximum atomic E-state index is 12.9. The zero-order valence-corrected chi connectivity index (χ0v) is 16.6. The van der Waals surface area contributed by atoms with Crippen molar-refractivity contribution in [3.63, 3.8) is 0 Å². The average Bonchev–Trinajstić information content (AvgIpc) is 2.69. The molecule has 1 aliphatic heterocycles. The topological polar surface area (TPSA) is 67.4 Å². The third-order valence-electron chi connectivity index (χ3n) is 5.10. The van der Waals surface area contributed by atoms with Gasteiger partial charge in [-0.05, 0) is 29.7 Å². The first-order valence-corrected chi connectivity index (χ1v) is 10.0. The van der Waals surface area contributed by atoms with Crippen LogP contribution in [0.3, 0.4) is 0 Å². The number of amides is 2. The Balaban J connectivity index is 1.82. The maximum Gasteiger partial charge on any atom is 0.338 e. The van der Waals surface area contributed by atoms with Crippen LogP contribution in [0.2, 0.25) is 0 Å². The molecule has 0 aromatic heterocycles. The summed E-state index contributed by atoms with van der Waals surface area (Å²) in [6.07, 6.45) is 5.46. The summed E-state index contributed by atoms with van der Waals surface area (Å²) in [5, 5.41) is 7.67. The zero-order chi connectivity index (χ0) is 19.9. The van der Waals surface area contributed by atoms with Gasteiger partial charge < -0.3 is 15.4 Å². The molecule has 0 spiro atoms. The van der Waals surface area contributed by atoms with E-state index in [2.05, 4.69) is 17.6 Å². The summed E-state index contributed by atoms with van der Waals surface area (Å²) in [6.45, 7) is 4.32. The van der Waals surface area contributed by atoms with E-state index in [1.54, 1.807) is 6.92 Å². The number of fused-ring (bicyclic) bond motifs is 1. The summed E-state index contributed by atoms with van der Waals surface area (Å²) in [4.78, 5) is 25.0. The largest absolute Gasteiger partial charge is 0.462 e. The molecule has 1 aliphatic rings. The number of urea groups is 1. The van der Waals surface area contributed by atoms with Crippen molar-refractivity contribution in [2.75, 3.05) is 6.61 Å². The van der Waals surface area contributed by atoms with E-state index in [4.69, 9.17) is 4.74 Å². The summed E-state index contributed by atoms with van der Waals surface area (Å²) in [5.41, 5.74) is 1.89. The summed E-state index contributed by atoms with van der Waals surface area (Å²) >= 11 is 0. The van der Waals surface area contributed by atoms with E-state index in [-0.39, 0.29) is 12.0 Å². The number of hydrogen-bond acceptors (Lipinski definition) is 3. The van der Waals surface area contributed by atoms with Crippen LogP contribution in [0, 0.1) is 0 Å². The Labute approximate surface area is 166 Å². The molecular weight excluding hydrogens is 352 g/mol. The summed E-state index contributed by atoms with van der Waals surface area (Å²) in [7, 11) is 0. The molecule has 0 saturated heterocycles. The van der Waals surface area contributed by atoms with Crippen molar-refractivity contribution >= 4 is 22.8 Å². The van der Waals surface area contributed by atoms with Gasteiger partial charge in [-0.1, -0.05) is 75.1 Å². The number of hydrogen-bond donors (Lipinski definition) is 2. The van der Waals surface area contributed by atoms with Crippen molar-refractivity contribution in [2.45, 2.75) is 52.0 Å². The maximum absolute atomic E-state index is 12.9. The summed E-state index contributed by atoms with van der Waals surface area (Å²) in [6, 6.07) is 13.0. The fraction of sp³-hybridized carbons (Fsp3) is 0.391. The number of allylic oxidation sites excluding steroid dienone is 1. The van der Waals surface area contributed by atoms with Gasteiger partial charge >= 0.3 is 12.0 Å². The van der Waals surface area contributed by atoms with Gasteiger partial charge in [0, 0.05) is 5.70 Å². The normalized spacial score (nSPS) is 16.6. The fourth-order valence-corrected chi connectivity index (χ4v) is 3.65. The van der Waals surface area contributed by atoms with Gasteiger partial charge in [0.25, 0.3) is 0 Å². The number of benzene rings is 2. The molecule has 2 N–H and O–H groups in total. The fourth-order valence-electron chi connectivity index (χ4n) is 3.65. The Kier molecular flexibility index (Phi) is 6.69. The number of esters is 1. The third-order valence-corrected chi connectivity index (χ3v) is 5.10. The Morgan fingerprint density at radius 1 is 1.04 bits per heavy atom. The van der Waals surface area contributed by atoms with Crippen LogP contribution >= 0.6 is 0 Å². The predicted octanol–water partition coefficient (Wildman–Crippen LogP) is 4.98. The average molecular weight is 380 g/mol. The zero-order valence-electron chi connectivity index (χ0n) is 16.6. The van der Waals surface area contributed by atoms with Gasteiger partial charge in [0.1, 0.15) is 0 Å². The van der Waals surface area contributed by atoms with Gasteiger partial charge in [-0.3, -0.25) is 0 Å². The molecule has 1 atom stereocenters. The number of rotatable bonds is 8. The van der Waals surface area contributed by atoms with Crippen LogP contribution in [0.5, 0.6) is 0 Å². The van der Waals surface area contributed by atoms with E-state index in [0.29, 0.717) is 17.9 Å². The first-order valence-electron chi connectivity index (χ1n) is 10.0. The lowest BCUT2D eigenvalue weighted by atomic mass is 9.91. The minimum atomic E-state index is -0.535. The predicted molar refractivity (Wildman–Crippen MR) is 111 cm³/mol. The van der Waals surface area contributed by atoms with Crippen molar-refractivity contribution < 1.29 is 14.3 Å². The lowest BCUT2D eigenvalue weighted by molar-refractivity contribution is -0.139. The summed E-state index contributed by atoms with van der Waals surface area (Å²) in [5.74, 6) is -0.376. The first-order chi connectivity index (χ1) is 13.6. The Morgan fingerprint density at radius 3 is 2.61 bits per heavy atom. The van der Waals surface area contributed by atoms with Crippen LogP contribution in [0.15, 0.2) is 53.7 Å². The highest BCUT2D eigenvalue weighted by Crippen LogP contribution is 2.32. The van der Waals surface area contributed by atoms with E-state index in [0.717, 1.165) is 35.6 Å². The Hall–Kier alpha value is -2.82. The molecule has 1 heterocycles. The van der Waals surface area contributed by atoms with Crippen LogP contribution < -0.4 is 10.6 Å². The highest BCUT2D eigenvalue weighted by atomic mass is 16.5. The van der Waals surface area contributed by atoms with Gasteiger partial charge in [-0.25, -0.2) is 9.59 Å². The molecule has 28 heavy (non-hydrogen) atoms. The first kappa shape index (κ1) is 19.9. The Morgan fingerprint density at radius 2 is 1.79 bits per heavy atom. The van der Waals surface area contributed by atoms with Gasteiger partial charge in [0.05, 0.1) is 18.2 Å². The van der Waals surface area contributed by atoms with Crippen LogP contribution in [-0.4, -0.2) is 18.6 Å². The molecule has 1 unspecified atom stereocenters. The van der Waals surface area contributed by atoms with Crippen LogP contribution in [0.1, 0.15) is 57.6 Å². The molecule has 2 amide bonds. The van der Waals surface area contributed by atoms with E-state index in [1.807, 2.05) is 42.5 Å². The molecule has 0 aliphatic carbocycles. The van der Waals surface area contributed by atoms with Crippen molar-refractivity contribution in [2.24, 2.45) is 0 Å². The van der Waals surface area contributed by atoms with Gasteiger partial charge in [0.15, 0.2) is 0 Å². The van der Waals surface area contributed by atoms with Gasteiger partial charge in [-0.2, -0.15) is 0 Å². The number of nitrogens with one attached hydrogen (secondary N) is 2. The molecule has 0 bridgehead atoms. The lowest BCUT2D eigenvalue weighted by Crippen LogP contribution is -2.45. The van der Waals surface area contributed by atoms with Crippen molar-refractivity contribution in [3.05, 3.63) is 59.3 Å². The van der Waals surface area contributed by atoms with Crippen molar-refractivity contribution in [3.8, 4) is 0 Å². The molecule has 5 nitrogen and oxygen atoms in total. The van der Waals surface area contributed by atoms with Crippen LogP contribution in [-0.2, 0) is 9.53 Å². The Bertz CT molecular complexity index is 883. The van der Waals surface area contributed by atoms with Crippen LogP contribution in [0.4, 0.5) is 4.79 Å². The van der Waals surface area contributed by atoms with E-state index >= 15 is 0 Å². The van der Waals surface area contributed by atoms with E-state index in [1.165, 1.54) is 12.8 Å². The molecule has 3 rings (SSSR count). The van der Waals surface area contributed by atoms with Gasteiger partial charge in [-0.15, -0.1) is 0 Å².